The van der Waals surface area contributed by atoms with Gasteiger partial charge in [0.15, 0.2) is 0 Å². The molecule has 1 aliphatic heterocycles. The van der Waals surface area contributed by atoms with Crippen LogP contribution in [0, 0.1) is 0 Å². The lowest BCUT2D eigenvalue weighted by Crippen LogP contribution is -2.40. The molecule has 0 amide bonds. The standard InChI is InChI=1S/C12H14ClF3N2O2S/c13-8-3-4-11(10(6-8)12(14,15)16)21(19,20)18-5-1-2-9(18)7-17/h3-4,6,9H,1-2,5,7,17H2. The van der Waals surface area contributed by atoms with E-state index in [9.17, 15) is 21.6 Å². The van der Waals surface area contributed by atoms with Gasteiger partial charge in [-0.2, -0.15) is 17.5 Å². The fourth-order valence-electron chi connectivity index (χ4n) is 2.44. The van der Waals surface area contributed by atoms with Crippen LogP contribution in [0.4, 0.5) is 13.2 Å². The first kappa shape index (κ1) is 16.5. The Labute approximate surface area is 125 Å². The molecule has 9 heteroatoms. The molecule has 0 spiro atoms. The summed E-state index contributed by atoms with van der Waals surface area (Å²) in [7, 11) is -4.26. The van der Waals surface area contributed by atoms with Crippen LogP contribution in [0.15, 0.2) is 23.1 Å². The van der Waals surface area contributed by atoms with Gasteiger partial charge in [-0.1, -0.05) is 11.6 Å². The zero-order chi connectivity index (χ0) is 15.8. The molecule has 0 radical (unpaired) electrons. The van der Waals surface area contributed by atoms with E-state index in [2.05, 4.69) is 0 Å². The molecule has 2 rings (SSSR count). The number of benzene rings is 1. The number of nitrogens with two attached hydrogens (primary N) is 1. The van der Waals surface area contributed by atoms with Gasteiger partial charge in [-0.05, 0) is 31.0 Å². The molecule has 118 valence electrons. The molecule has 21 heavy (non-hydrogen) atoms. The molecule has 1 saturated heterocycles. The monoisotopic (exact) mass is 342 g/mol. The van der Waals surface area contributed by atoms with Gasteiger partial charge in [0.25, 0.3) is 0 Å². The van der Waals surface area contributed by atoms with E-state index >= 15 is 0 Å². The zero-order valence-corrected chi connectivity index (χ0v) is 12.5. The molecule has 1 aromatic carbocycles. The molecule has 1 aromatic rings. The number of sulfonamides is 1. The Balaban J connectivity index is 2.55. The van der Waals surface area contributed by atoms with Crippen molar-refractivity contribution in [3.63, 3.8) is 0 Å². The van der Waals surface area contributed by atoms with Gasteiger partial charge in [0.05, 0.1) is 10.5 Å². The van der Waals surface area contributed by atoms with Gasteiger partial charge in [0, 0.05) is 24.2 Å². The third-order valence-electron chi connectivity index (χ3n) is 3.43. The van der Waals surface area contributed by atoms with Gasteiger partial charge in [-0.15, -0.1) is 0 Å². The van der Waals surface area contributed by atoms with Crippen molar-refractivity contribution in [2.24, 2.45) is 5.73 Å². The molecule has 1 fully saturated rings. The van der Waals surface area contributed by atoms with Crippen LogP contribution in [0.5, 0.6) is 0 Å². The summed E-state index contributed by atoms with van der Waals surface area (Å²) in [6.45, 7) is 0.248. The van der Waals surface area contributed by atoms with E-state index in [0.717, 1.165) is 16.4 Å². The van der Waals surface area contributed by atoms with Crippen LogP contribution in [0.2, 0.25) is 5.02 Å². The molecule has 0 aliphatic carbocycles. The van der Waals surface area contributed by atoms with Crippen LogP contribution in [-0.4, -0.2) is 31.9 Å². The van der Waals surface area contributed by atoms with Gasteiger partial charge < -0.3 is 5.73 Å². The molecule has 1 heterocycles. The lowest BCUT2D eigenvalue weighted by molar-refractivity contribution is -0.139. The first-order valence-electron chi connectivity index (χ1n) is 6.26. The normalized spacial score (nSPS) is 20.9. The number of hydrogen-bond donors (Lipinski definition) is 1. The Hall–Kier alpha value is -0.830. The van der Waals surface area contributed by atoms with E-state index in [-0.39, 0.29) is 18.1 Å². The molecule has 1 aliphatic rings. The molecule has 0 saturated carbocycles. The Morgan fingerprint density at radius 3 is 2.62 bits per heavy atom. The molecule has 0 bridgehead atoms. The molecule has 1 atom stereocenters. The first-order chi connectivity index (χ1) is 9.67. The smallest absolute Gasteiger partial charge is 0.329 e. The number of halogens is 4. The predicted molar refractivity (Wildman–Crippen MR) is 72.4 cm³/mol. The minimum absolute atomic E-state index is 0.0776. The maximum Gasteiger partial charge on any atom is 0.417 e. The average Bonchev–Trinajstić information content (AvgIpc) is 2.86. The SMILES string of the molecule is NCC1CCCN1S(=O)(=O)c1ccc(Cl)cc1C(F)(F)F. The van der Waals surface area contributed by atoms with E-state index in [4.69, 9.17) is 17.3 Å². The molecule has 0 aromatic heterocycles. The highest BCUT2D eigenvalue weighted by atomic mass is 35.5. The highest BCUT2D eigenvalue weighted by Gasteiger charge is 2.41. The number of nitrogens with zero attached hydrogens (tertiary/aromatic N) is 1. The molecule has 4 nitrogen and oxygen atoms in total. The van der Waals surface area contributed by atoms with Gasteiger partial charge >= 0.3 is 6.18 Å². The maximum absolute atomic E-state index is 13.1. The van der Waals surface area contributed by atoms with Crippen LogP contribution in [0.1, 0.15) is 18.4 Å². The van der Waals surface area contributed by atoms with Crippen molar-refractivity contribution in [2.45, 2.75) is 30.0 Å². The summed E-state index contributed by atoms with van der Waals surface area (Å²) < 4.78 is 65.2. The lowest BCUT2D eigenvalue weighted by Gasteiger charge is -2.24. The summed E-state index contributed by atoms with van der Waals surface area (Å²) in [5.74, 6) is 0. The quantitative estimate of drug-likeness (QED) is 0.917. The lowest BCUT2D eigenvalue weighted by atomic mass is 10.2. The second-order valence-corrected chi connectivity index (χ2v) is 7.08. The van der Waals surface area contributed by atoms with Gasteiger partial charge in [-0.3, -0.25) is 0 Å². The summed E-state index contributed by atoms with van der Waals surface area (Å²) in [5, 5.41) is -0.168. The molecule has 2 N–H and O–H groups in total. The van der Waals surface area contributed by atoms with Crippen molar-refractivity contribution in [3.05, 3.63) is 28.8 Å². The van der Waals surface area contributed by atoms with Gasteiger partial charge in [-0.25, -0.2) is 8.42 Å². The van der Waals surface area contributed by atoms with E-state index < -0.39 is 32.7 Å². The fourth-order valence-corrected chi connectivity index (χ4v) is 4.51. The number of rotatable bonds is 3. The first-order valence-corrected chi connectivity index (χ1v) is 8.08. The second-order valence-electron chi connectivity index (χ2n) is 4.79. The van der Waals surface area contributed by atoms with E-state index in [1.807, 2.05) is 0 Å². The summed E-state index contributed by atoms with van der Waals surface area (Å²) in [4.78, 5) is -0.778. The van der Waals surface area contributed by atoms with Crippen molar-refractivity contribution in [1.29, 1.82) is 0 Å². The van der Waals surface area contributed by atoms with Crippen LogP contribution in [-0.2, 0) is 16.2 Å². The number of alkyl halides is 3. The average molecular weight is 343 g/mol. The van der Waals surface area contributed by atoms with Crippen molar-refractivity contribution in [2.75, 3.05) is 13.1 Å². The van der Waals surface area contributed by atoms with Gasteiger partial charge in [0.1, 0.15) is 0 Å². The summed E-state index contributed by atoms with van der Waals surface area (Å²) in [6.07, 6.45) is -3.67. The topological polar surface area (TPSA) is 63.4 Å². The van der Waals surface area contributed by atoms with Crippen molar-refractivity contribution in [1.82, 2.24) is 4.31 Å². The van der Waals surface area contributed by atoms with Gasteiger partial charge in [0.2, 0.25) is 10.0 Å². The third-order valence-corrected chi connectivity index (χ3v) is 5.67. The molecular weight excluding hydrogens is 329 g/mol. The van der Waals surface area contributed by atoms with Crippen LogP contribution >= 0.6 is 11.6 Å². The predicted octanol–water partition coefficient (Wildman–Crippen LogP) is 2.47. The molecule has 1 unspecified atom stereocenters. The minimum Gasteiger partial charge on any atom is -0.329 e. The summed E-state index contributed by atoms with van der Waals surface area (Å²) >= 11 is 5.56. The Morgan fingerprint density at radius 1 is 1.38 bits per heavy atom. The maximum atomic E-state index is 13.1. The van der Waals surface area contributed by atoms with E-state index in [0.29, 0.717) is 18.9 Å². The second kappa shape index (κ2) is 5.75. The van der Waals surface area contributed by atoms with Crippen molar-refractivity contribution in [3.8, 4) is 0 Å². The fraction of sp³-hybridized carbons (Fsp3) is 0.500. The third kappa shape index (κ3) is 3.18. The Kier molecular flexibility index (Phi) is 4.53. The highest BCUT2D eigenvalue weighted by molar-refractivity contribution is 7.89. The summed E-state index contributed by atoms with van der Waals surface area (Å²) in [5.41, 5.74) is 4.25. The van der Waals surface area contributed by atoms with Crippen molar-refractivity contribution < 1.29 is 21.6 Å². The van der Waals surface area contributed by atoms with E-state index in [1.54, 1.807) is 0 Å². The summed E-state index contributed by atoms with van der Waals surface area (Å²) in [6, 6.07) is 2.19. The largest absolute Gasteiger partial charge is 0.417 e. The van der Waals surface area contributed by atoms with Crippen LogP contribution in [0.25, 0.3) is 0 Å². The van der Waals surface area contributed by atoms with Crippen molar-refractivity contribution >= 4 is 21.6 Å². The van der Waals surface area contributed by atoms with E-state index in [1.165, 1.54) is 0 Å². The zero-order valence-electron chi connectivity index (χ0n) is 10.9. The minimum atomic E-state index is -4.80. The van der Waals surface area contributed by atoms with Crippen LogP contribution < -0.4 is 5.73 Å². The highest BCUT2D eigenvalue weighted by Crippen LogP contribution is 2.38. The molecular formula is C12H14ClF3N2O2S. The van der Waals surface area contributed by atoms with Crippen LogP contribution in [0.3, 0.4) is 0 Å². The Morgan fingerprint density at radius 2 is 2.05 bits per heavy atom. The number of hydrogen-bond acceptors (Lipinski definition) is 3. The Bertz CT molecular complexity index is 634.